The Morgan fingerprint density at radius 3 is 2.21 bits per heavy atom. The zero-order valence-electron chi connectivity index (χ0n) is 11.9. The van der Waals surface area contributed by atoms with E-state index in [-0.39, 0.29) is 30.5 Å². The number of hydrogen-bond acceptors (Lipinski definition) is 5. The van der Waals surface area contributed by atoms with Gasteiger partial charge in [0.2, 0.25) is 0 Å². The zero-order chi connectivity index (χ0) is 13.8. The normalized spacial score (nSPS) is 47.3. The van der Waals surface area contributed by atoms with Gasteiger partial charge < -0.3 is 23.7 Å². The molecule has 0 saturated carbocycles. The fraction of sp³-hybridized carbons (Fsp3) is 0.857. The molecule has 5 heteroatoms. The molecule has 0 aliphatic carbocycles. The van der Waals surface area contributed by atoms with E-state index in [2.05, 4.69) is 6.58 Å². The quantitative estimate of drug-likeness (QED) is 0.713. The second-order valence-electron chi connectivity index (χ2n) is 6.23. The summed E-state index contributed by atoms with van der Waals surface area (Å²) >= 11 is 0. The summed E-state index contributed by atoms with van der Waals surface area (Å²) in [6.07, 6.45) is 1.03. The molecule has 0 radical (unpaired) electrons. The van der Waals surface area contributed by atoms with Gasteiger partial charge in [-0.2, -0.15) is 0 Å². The Balaban J connectivity index is 1.78. The van der Waals surface area contributed by atoms with Gasteiger partial charge in [0.05, 0.1) is 6.61 Å². The van der Waals surface area contributed by atoms with Crippen molar-refractivity contribution in [3.05, 3.63) is 12.7 Å². The lowest BCUT2D eigenvalue weighted by molar-refractivity contribution is -0.201. The first-order valence-corrected chi connectivity index (χ1v) is 6.77. The van der Waals surface area contributed by atoms with Gasteiger partial charge in [-0.15, -0.1) is 6.58 Å². The molecular formula is C14H22O5. The van der Waals surface area contributed by atoms with Crippen LogP contribution >= 0.6 is 0 Å². The van der Waals surface area contributed by atoms with Gasteiger partial charge in [-0.3, -0.25) is 0 Å². The fourth-order valence-corrected chi connectivity index (χ4v) is 3.03. The molecule has 0 bridgehead atoms. The largest absolute Gasteiger partial charge is 0.362 e. The number of rotatable bonds is 2. The van der Waals surface area contributed by atoms with Gasteiger partial charge in [0, 0.05) is 0 Å². The zero-order valence-corrected chi connectivity index (χ0v) is 11.9. The minimum atomic E-state index is -0.590. The second-order valence-corrected chi connectivity index (χ2v) is 6.23. The molecular weight excluding hydrogens is 248 g/mol. The molecule has 0 aromatic heterocycles. The first-order valence-electron chi connectivity index (χ1n) is 6.77. The summed E-state index contributed by atoms with van der Waals surface area (Å²) in [6.45, 7) is 12.0. The van der Waals surface area contributed by atoms with Crippen LogP contribution in [0.3, 0.4) is 0 Å². The smallest absolute Gasteiger partial charge is 0.164 e. The molecule has 3 heterocycles. The van der Waals surface area contributed by atoms with Crippen molar-refractivity contribution in [1.82, 2.24) is 0 Å². The lowest BCUT2D eigenvalue weighted by atomic mass is 10.0. The van der Waals surface area contributed by atoms with Gasteiger partial charge in [-0.05, 0) is 27.7 Å². The molecule has 0 spiro atoms. The van der Waals surface area contributed by atoms with E-state index in [0.29, 0.717) is 6.61 Å². The van der Waals surface area contributed by atoms with E-state index in [0.717, 1.165) is 0 Å². The topological polar surface area (TPSA) is 46.2 Å². The van der Waals surface area contributed by atoms with Crippen LogP contribution in [0.1, 0.15) is 27.7 Å². The minimum absolute atomic E-state index is 0.121. The molecule has 0 aromatic rings. The average Bonchev–Trinajstić information content (AvgIpc) is 2.89. The van der Waals surface area contributed by atoms with Crippen molar-refractivity contribution < 1.29 is 23.7 Å². The molecule has 5 atom stereocenters. The van der Waals surface area contributed by atoms with Crippen LogP contribution in [-0.2, 0) is 23.7 Å². The van der Waals surface area contributed by atoms with Crippen LogP contribution in [-0.4, -0.2) is 48.7 Å². The summed E-state index contributed by atoms with van der Waals surface area (Å²) in [4.78, 5) is 0. The molecule has 0 amide bonds. The van der Waals surface area contributed by atoms with Crippen LogP contribution in [0, 0.1) is 0 Å². The average molecular weight is 270 g/mol. The maximum absolute atomic E-state index is 5.98. The molecule has 3 aliphatic heterocycles. The monoisotopic (exact) mass is 270 g/mol. The van der Waals surface area contributed by atoms with Crippen LogP contribution in [0.5, 0.6) is 0 Å². The molecule has 19 heavy (non-hydrogen) atoms. The third-order valence-electron chi connectivity index (χ3n) is 3.75. The standard InChI is InChI=1S/C14H22O5/c1-6-8-11-12(19-14(4,5)18-11)10(16-8)9-7-15-13(2,3)17-9/h6,8-12H,1,7H2,2-5H3/t8-,9?,10+,11+,12-/m0/s1. The van der Waals surface area contributed by atoms with Gasteiger partial charge in [-0.25, -0.2) is 0 Å². The van der Waals surface area contributed by atoms with Crippen LogP contribution in [0.4, 0.5) is 0 Å². The van der Waals surface area contributed by atoms with Gasteiger partial charge in [0.15, 0.2) is 11.6 Å². The minimum Gasteiger partial charge on any atom is -0.362 e. The van der Waals surface area contributed by atoms with E-state index < -0.39 is 11.6 Å². The van der Waals surface area contributed by atoms with E-state index in [9.17, 15) is 0 Å². The summed E-state index contributed by atoms with van der Waals surface area (Å²) < 4.78 is 29.3. The fourth-order valence-electron chi connectivity index (χ4n) is 3.03. The van der Waals surface area contributed by atoms with Crippen LogP contribution in [0.2, 0.25) is 0 Å². The lowest BCUT2D eigenvalue weighted by Crippen LogP contribution is -2.40. The second kappa shape index (κ2) is 4.27. The maximum Gasteiger partial charge on any atom is 0.164 e. The van der Waals surface area contributed by atoms with Gasteiger partial charge in [0.1, 0.15) is 30.5 Å². The highest BCUT2D eigenvalue weighted by Gasteiger charge is 2.58. The predicted molar refractivity (Wildman–Crippen MR) is 67.6 cm³/mol. The van der Waals surface area contributed by atoms with Gasteiger partial charge in [0.25, 0.3) is 0 Å². The van der Waals surface area contributed by atoms with Crippen LogP contribution in [0.25, 0.3) is 0 Å². The van der Waals surface area contributed by atoms with E-state index in [1.165, 1.54) is 0 Å². The van der Waals surface area contributed by atoms with Crippen molar-refractivity contribution in [1.29, 1.82) is 0 Å². The van der Waals surface area contributed by atoms with Crippen molar-refractivity contribution in [2.24, 2.45) is 0 Å². The molecule has 5 nitrogen and oxygen atoms in total. The molecule has 3 aliphatic rings. The molecule has 3 fully saturated rings. The Hall–Kier alpha value is -0.460. The first kappa shape index (κ1) is 13.5. The summed E-state index contributed by atoms with van der Waals surface area (Å²) in [7, 11) is 0. The Bertz CT molecular complexity index is 378. The highest BCUT2D eigenvalue weighted by Crippen LogP contribution is 2.42. The van der Waals surface area contributed by atoms with Gasteiger partial charge in [-0.1, -0.05) is 6.08 Å². The maximum atomic E-state index is 5.98. The molecule has 3 rings (SSSR count). The molecule has 0 aromatic carbocycles. The van der Waals surface area contributed by atoms with E-state index in [1.807, 2.05) is 27.7 Å². The SMILES string of the molecule is C=C[C@@H]1O[C@H](C2COC(C)(C)O2)[C@@H]2OC(C)(C)O[C@@H]21. The number of hydrogen-bond donors (Lipinski definition) is 0. The molecule has 3 saturated heterocycles. The Labute approximate surface area is 113 Å². The summed E-state index contributed by atoms with van der Waals surface area (Å²) in [5.41, 5.74) is 0. The van der Waals surface area contributed by atoms with E-state index in [4.69, 9.17) is 23.7 Å². The Morgan fingerprint density at radius 2 is 1.63 bits per heavy atom. The molecule has 108 valence electrons. The van der Waals surface area contributed by atoms with Crippen LogP contribution < -0.4 is 0 Å². The molecule has 0 N–H and O–H groups in total. The van der Waals surface area contributed by atoms with Gasteiger partial charge >= 0.3 is 0 Å². The third kappa shape index (κ3) is 2.34. The highest BCUT2D eigenvalue weighted by atomic mass is 16.8. The first-order chi connectivity index (χ1) is 8.81. The number of fused-ring (bicyclic) bond motifs is 1. The van der Waals surface area contributed by atoms with Crippen molar-refractivity contribution >= 4 is 0 Å². The highest BCUT2D eigenvalue weighted by molar-refractivity contribution is 5.06. The summed E-state index contributed by atoms with van der Waals surface area (Å²) in [6, 6.07) is 0. The van der Waals surface area contributed by atoms with Crippen molar-refractivity contribution in [2.45, 2.75) is 69.8 Å². The van der Waals surface area contributed by atoms with E-state index >= 15 is 0 Å². The van der Waals surface area contributed by atoms with Crippen molar-refractivity contribution in [3.63, 3.8) is 0 Å². The summed E-state index contributed by atoms with van der Waals surface area (Å²) in [5.74, 6) is -1.15. The van der Waals surface area contributed by atoms with Crippen LogP contribution in [0.15, 0.2) is 12.7 Å². The lowest BCUT2D eigenvalue weighted by Gasteiger charge is -2.26. The number of ether oxygens (including phenoxy) is 5. The third-order valence-corrected chi connectivity index (χ3v) is 3.75. The predicted octanol–water partition coefficient (Wildman–Crippen LogP) is 1.61. The Morgan fingerprint density at radius 1 is 0.947 bits per heavy atom. The molecule has 1 unspecified atom stereocenters. The van der Waals surface area contributed by atoms with Crippen molar-refractivity contribution in [3.8, 4) is 0 Å². The van der Waals surface area contributed by atoms with E-state index in [1.54, 1.807) is 6.08 Å². The summed E-state index contributed by atoms with van der Waals surface area (Å²) in [5, 5.41) is 0. The Kier molecular flexibility index (Phi) is 3.04. The van der Waals surface area contributed by atoms with Crippen molar-refractivity contribution in [2.75, 3.05) is 6.61 Å².